The van der Waals surface area contributed by atoms with Crippen molar-refractivity contribution in [3.63, 3.8) is 0 Å². The van der Waals surface area contributed by atoms with Gasteiger partial charge < -0.3 is 0 Å². The minimum Gasteiger partial charge on any atom is -0.294 e. The second-order valence-electron chi connectivity index (χ2n) is 5.72. The van der Waals surface area contributed by atoms with E-state index in [1.165, 1.54) is 17.0 Å². The summed E-state index contributed by atoms with van der Waals surface area (Å²) in [5, 5.41) is 0.919. The van der Waals surface area contributed by atoms with Crippen molar-refractivity contribution in [3.8, 4) is 0 Å². The lowest BCUT2D eigenvalue weighted by molar-refractivity contribution is 0.595. The van der Waals surface area contributed by atoms with Crippen LogP contribution < -0.4 is 5.56 Å². The summed E-state index contributed by atoms with van der Waals surface area (Å²) in [5.74, 6) is -0.0242. The van der Waals surface area contributed by atoms with Crippen LogP contribution in [0.1, 0.15) is 12.5 Å². The maximum atomic E-state index is 12.8. The number of sulfone groups is 1. The number of hydrogen-bond acceptors (Lipinski definition) is 5. The SMILES string of the molecule is CCS(=O)(=O)c1ccc(Cl)cc1Cn1cnc2ccc(SC)cc2c1=O. The van der Waals surface area contributed by atoms with Gasteiger partial charge in [-0.25, -0.2) is 13.4 Å². The number of hydrogen-bond donors (Lipinski definition) is 0. The van der Waals surface area contributed by atoms with Crippen molar-refractivity contribution in [2.45, 2.75) is 23.3 Å². The Hall–Kier alpha value is -1.83. The Balaban J connectivity index is 2.14. The topological polar surface area (TPSA) is 69.0 Å². The van der Waals surface area contributed by atoms with Crippen LogP contribution in [0.2, 0.25) is 5.02 Å². The first kappa shape index (κ1) is 18.9. The second kappa shape index (κ2) is 7.42. The van der Waals surface area contributed by atoms with E-state index in [0.717, 1.165) is 4.90 Å². The van der Waals surface area contributed by atoms with Crippen molar-refractivity contribution in [3.05, 3.63) is 63.7 Å². The summed E-state index contributed by atoms with van der Waals surface area (Å²) in [4.78, 5) is 18.3. The van der Waals surface area contributed by atoms with Crippen molar-refractivity contribution >= 4 is 44.1 Å². The highest BCUT2D eigenvalue weighted by atomic mass is 35.5. The van der Waals surface area contributed by atoms with Gasteiger partial charge in [0.2, 0.25) is 0 Å². The predicted octanol–water partition coefficient (Wildman–Crippen LogP) is 3.61. The molecule has 0 spiro atoms. The molecule has 0 saturated carbocycles. The molecule has 26 heavy (non-hydrogen) atoms. The third-order valence-electron chi connectivity index (χ3n) is 4.11. The van der Waals surface area contributed by atoms with Crippen LogP contribution in [-0.4, -0.2) is 30.0 Å². The molecule has 5 nitrogen and oxygen atoms in total. The zero-order valence-corrected chi connectivity index (χ0v) is 16.7. The van der Waals surface area contributed by atoms with Gasteiger partial charge in [0.25, 0.3) is 5.56 Å². The number of nitrogens with zero attached hydrogens (tertiary/aromatic N) is 2. The molecule has 1 heterocycles. The Morgan fingerprint density at radius 2 is 1.96 bits per heavy atom. The number of fused-ring (bicyclic) bond motifs is 1. The maximum Gasteiger partial charge on any atom is 0.261 e. The minimum absolute atomic E-state index is 0.0242. The van der Waals surface area contributed by atoms with Gasteiger partial charge in [0, 0.05) is 9.92 Å². The molecule has 0 N–H and O–H groups in total. The predicted molar refractivity (Wildman–Crippen MR) is 106 cm³/mol. The minimum atomic E-state index is -3.43. The monoisotopic (exact) mass is 408 g/mol. The molecule has 0 fully saturated rings. The van der Waals surface area contributed by atoms with Crippen molar-refractivity contribution in [2.75, 3.05) is 12.0 Å². The average Bonchev–Trinajstić information content (AvgIpc) is 2.63. The van der Waals surface area contributed by atoms with Crippen LogP contribution in [0, 0.1) is 0 Å². The van der Waals surface area contributed by atoms with Gasteiger partial charge >= 0.3 is 0 Å². The lowest BCUT2D eigenvalue weighted by Gasteiger charge is -2.12. The standard InChI is InChI=1S/C18H17ClN2O3S2/c1-3-26(23,24)17-7-4-13(19)8-12(17)10-21-11-20-16-6-5-14(25-2)9-15(16)18(21)22/h4-9,11H,3,10H2,1-2H3. The molecule has 1 aromatic heterocycles. The molecule has 0 aliphatic rings. The van der Waals surface area contributed by atoms with Gasteiger partial charge in [0.15, 0.2) is 9.84 Å². The largest absolute Gasteiger partial charge is 0.294 e. The molecule has 0 amide bonds. The molecule has 136 valence electrons. The van der Waals surface area contributed by atoms with E-state index >= 15 is 0 Å². The maximum absolute atomic E-state index is 12.8. The molecule has 0 aliphatic heterocycles. The van der Waals surface area contributed by atoms with Gasteiger partial charge in [-0.3, -0.25) is 9.36 Å². The number of benzene rings is 2. The Labute approximate surface area is 160 Å². The zero-order chi connectivity index (χ0) is 18.9. The molecular formula is C18H17ClN2O3S2. The highest BCUT2D eigenvalue weighted by Gasteiger charge is 2.18. The molecule has 0 radical (unpaired) electrons. The van der Waals surface area contributed by atoms with E-state index in [1.54, 1.807) is 43.0 Å². The Bertz CT molecular complexity index is 1140. The molecule has 3 rings (SSSR count). The lowest BCUT2D eigenvalue weighted by atomic mass is 10.2. The third kappa shape index (κ3) is 3.65. The van der Waals surface area contributed by atoms with E-state index in [4.69, 9.17) is 11.6 Å². The average molecular weight is 409 g/mol. The molecule has 0 unspecified atom stereocenters. The lowest BCUT2D eigenvalue weighted by Crippen LogP contribution is -2.22. The van der Waals surface area contributed by atoms with Crippen molar-refractivity contribution in [2.24, 2.45) is 0 Å². The number of aromatic nitrogens is 2. The van der Waals surface area contributed by atoms with Crippen LogP contribution in [0.25, 0.3) is 10.9 Å². The third-order valence-corrected chi connectivity index (χ3v) is 6.90. The number of thioether (sulfide) groups is 1. The van der Waals surface area contributed by atoms with E-state index in [2.05, 4.69) is 4.98 Å². The molecule has 0 aliphatic carbocycles. The zero-order valence-electron chi connectivity index (χ0n) is 14.3. The summed E-state index contributed by atoms with van der Waals surface area (Å²) in [6, 6.07) is 10.1. The fourth-order valence-corrected chi connectivity index (χ4v) is 4.44. The van der Waals surface area contributed by atoms with Crippen LogP contribution in [0.4, 0.5) is 0 Å². The van der Waals surface area contributed by atoms with Crippen molar-refractivity contribution in [1.82, 2.24) is 9.55 Å². The summed E-state index contributed by atoms with van der Waals surface area (Å²) >= 11 is 7.59. The van der Waals surface area contributed by atoms with E-state index < -0.39 is 9.84 Å². The Kier molecular flexibility index (Phi) is 5.41. The second-order valence-corrected chi connectivity index (χ2v) is 9.28. The number of rotatable bonds is 5. The van der Waals surface area contributed by atoms with Crippen molar-refractivity contribution < 1.29 is 8.42 Å². The molecule has 0 bridgehead atoms. The first-order valence-corrected chi connectivity index (χ1v) is 11.2. The summed E-state index contributed by atoms with van der Waals surface area (Å²) < 4.78 is 26.1. The van der Waals surface area contributed by atoms with Gasteiger partial charge in [-0.2, -0.15) is 0 Å². The molecule has 0 atom stereocenters. The van der Waals surface area contributed by atoms with Crippen molar-refractivity contribution in [1.29, 1.82) is 0 Å². The first-order chi connectivity index (χ1) is 12.4. The van der Waals surface area contributed by atoms with E-state index in [9.17, 15) is 13.2 Å². The number of halogens is 1. The molecule has 8 heteroatoms. The van der Waals surface area contributed by atoms with Gasteiger partial charge in [-0.15, -0.1) is 11.8 Å². The van der Waals surface area contributed by atoms with Crippen LogP contribution >= 0.6 is 23.4 Å². The highest BCUT2D eigenvalue weighted by Crippen LogP contribution is 2.23. The molecular weight excluding hydrogens is 392 g/mol. The fraction of sp³-hybridized carbons (Fsp3) is 0.222. The smallest absolute Gasteiger partial charge is 0.261 e. The van der Waals surface area contributed by atoms with Crippen LogP contribution in [0.15, 0.2) is 57.3 Å². The van der Waals surface area contributed by atoms with Gasteiger partial charge in [-0.05, 0) is 48.2 Å². The quantitative estimate of drug-likeness (QED) is 0.603. The van der Waals surface area contributed by atoms with E-state index in [0.29, 0.717) is 21.5 Å². The summed E-state index contributed by atoms with van der Waals surface area (Å²) in [7, 11) is -3.43. The molecule has 3 aromatic rings. The molecule has 0 saturated heterocycles. The Morgan fingerprint density at radius 1 is 1.19 bits per heavy atom. The first-order valence-electron chi connectivity index (χ1n) is 7.90. The summed E-state index contributed by atoms with van der Waals surface area (Å²) in [6.07, 6.45) is 3.37. The van der Waals surface area contributed by atoms with Crippen LogP contribution in [0.5, 0.6) is 0 Å². The molecule has 2 aromatic carbocycles. The van der Waals surface area contributed by atoms with E-state index in [-0.39, 0.29) is 22.8 Å². The van der Waals surface area contributed by atoms with Gasteiger partial charge in [0.1, 0.15) is 0 Å². The normalized spacial score (nSPS) is 11.8. The van der Waals surface area contributed by atoms with Crippen LogP contribution in [0.3, 0.4) is 0 Å². The van der Waals surface area contributed by atoms with Gasteiger partial charge in [-0.1, -0.05) is 18.5 Å². The fourth-order valence-electron chi connectivity index (χ4n) is 2.69. The van der Waals surface area contributed by atoms with Crippen LogP contribution in [-0.2, 0) is 16.4 Å². The highest BCUT2D eigenvalue weighted by molar-refractivity contribution is 7.98. The Morgan fingerprint density at radius 3 is 2.65 bits per heavy atom. The summed E-state index contributed by atoms with van der Waals surface area (Å²) in [5.41, 5.74) is 0.867. The van der Waals surface area contributed by atoms with E-state index in [1.807, 2.05) is 12.3 Å². The van der Waals surface area contributed by atoms with Gasteiger partial charge in [0.05, 0.1) is 34.4 Å². The summed E-state index contributed by atoms with van der Waals surface area (Å²) in [6.45, 7) is 1.67.